The Morgan fingerprint density at radius 2 is 2.00 bits per heavy atom. The second-order valence-corrected chi connectivity index (χ2v) is 5.44. The van der Waals surface area contributed by atoms with Crippen molar-refractivity contribution in [1.29, 1.82) is 0 Å². The van der Waals surface area contributed by atoms with E-state index in [2.05, 4.69) is 10.1 Å². The van der Waals surface area contributed by atoms with E-state index in [0.717, 1.165) is 37.9 Å². The average Bonchev–Trinajstić information content (AvgIpc) is 3.08. The summed E-state index contributed by atoms with van der Waals surface area (Å²) in [6.07, 6.45) is 0.850. The quantitative estimate of drug-likeness (QED) is 0.873. The fourth-order valence-corrected chi connectivity index (χ4v) is 2.68. The number of hydrogen-bond donors (Lipinski definition) is 0. The molecule has 0 aromatic carbocycles. The predicted octanol–water partition coefficient (Wildman–Crippen LogP) is 3.12. The van der Waals surface area contributed by atoms with Crippen molar-refractivity contribution in [3.63, 3.8) is 0 Å². The highest BCUT2D eigenvalue weighted by atomic mass is 19.4. The Hall–Kier alpha value is -2.12. The van der Waals surface area contributed by atoms with Crippen LogP contribution in [0.3, 0.4) is 0 Å². The molecular formula is C14H14F3N3O2. The zero-order valence-electron chi connectivity index (χ0n) is 11.6. The molecule has 1 fully saturated rings. The van der Waals surface area contributed by atoms with Crippen LogP contribution >= 0.6 is 0 Å². The molecule has 0 amide bonds. The van der Waals surface area contributed by atoms with Gasteiger partial charge in [-0.3, -0.25) is 4.79 Å². The first kappa shape index (κ1) is 14.8. The molecule has 22 heavy (non-hydrogen) atoms. The van der Waals surface area contributed by atoms with Crippen LogP contribution in [0.1, 0.15) is 37.4 Å². The van der Waals surface area contributed by atoms with Crippen molar-refractivity contribution >= 4 is 0 Å². The highest BCUT2D eigenvalue weighted by Gasteiger charge is 2.29. The van der Waals surface area contributed by atoms with E-state index in [4.69, 9.17) is 4.52 Å². The monoisotopic (exact) mass is 313 g/mol. The fourth-order valence-electron chi connectivity index (χ4n) is 2.68. The van der Waals surface area contributed by atoms with Gasteiger partial charge < -0.3 is 9.09 Å². The van der Waals surface area contributed by atoms with Crippen molar-refractivity contribution in [1.82, 2.24) is 14.7 Å². The minimum absolute atomic E-state index is 0.137. The molecule has 1 saturated carbocycles. The molecule has 0 atom stereocenters. The summed E-state index contributed by atoms with van der Waals surface area (Å²) < 4.78 is 43.1. The molecule has 2 heterocycles. The molecular weight excluding hydrogens is 299 g/mol. The number of halogens is 3. The first-order valence-electron chi connectivity index (χ1n) is 7.03. The van der Waals surface area contributed by atoms with Gasteiger partial charge in [0.05, 0.1) is 5.56 Å². The second-order valence-electron chi connectivity index (χ2n) is 5.44. The number of hydrogen-bond acceptors (Lipinski definition) is 4. The van der Waals surface area contributed by atoms with Crippen molar-refractivity contribution in [2.45, 2.75) is 44.3 Å². The SMILES string of the molecule is O=c1ccc(-c2nc(C3CCCC3)no2)cn1CC(F)(F)F. The lowest BCUT2D eigenvalue weighted by atomic mass is 10.1. The highest BCUT2D eigenvalue weighted by Crippen LogP contribution is 2.33. The lowest BCUT2D eigenvalue weighted by Gasteiger charge is -2.09. The number of pyridine rings is 1. The normalized spacial score (nSPS) is 16.3. The maximum Gasteiger partial charge on any atom is 0.406 e. The van der Waals surface area contributed by atoms with Gasteiger partial charge in [0.2, 0.25) is 0 Å². The summed E-state index contributed by atoms with van der Waals surface area (Å²) in [5.74, 6) is 0.970. The van der Waals surface area contributed by atoms with Crippen molar-refractivity contribution in [2.24, 2.45) is 0 Å². The van der Waals surface area contributed by atoms with Crippen LogP contribution in [0.25, 0.3) is 11.5 Å². The molecule has 118 valence electrons. The third-order valence-electron chi connectivity index (χ3n) is 3.74. The number of aromatic nitrogens is 3. The van der Waals surface area contributed by atoms with Gasteiger partial charge in [-0.05, 0) is 18.9 Å². The van der Waals surface area contributed by atoms with Crippen molar-refractivity contribution < 1.29 is 17.7 Å². The highest BCUT2D eigenvalue weighted by molar-refractivity contribution is 5.50. The smallest absolute Gasteiger partial charge is 0.334 e. The molecule has 0 aliphatic heterocycles. The van der Waals surface area contributed by atoms with Crippen LogP contribution in [-0.2, 0) is 6.54 Å². The molecule has 0 saturated heterocycles. The molecule has 2 aromatic heterocycles. The van der Waals surface area contributed by atoms with Crippen LogP contribution in [0.2, 0.25) is 0 Å². The molecule has 5 nitrogen and oxygen atoms in total. The van der Waals surface area contributed by atoms with E-state index >= 15 is 0 Å². The molecule has 0 spiro atoms. The summed E-state index contributed by atoms with van der Waals surface area (Å²) in [7, 11) is 0. The van der Waals surface area contributed by atoms with E-state index < -0.39 is 18.3 Å². The minimum Gasteiger partial charge on any atom is -0.334 e. The summed E-state index contributed by atoms with van der Waals surface area (Å²) in [6.45, 7) is -1.34. The molecule has 0 unspecified atom stereocenters. The summed E-state index contributed by atoms with van der Waals surface area (Å²) in [5, 5.41) is 3.91. The predicted molar refractivity (Wildman–Crippen MR) is 71.3 cm³/mol. The van der Waals surface area contributed by atoms with E-state index in [1.54, 1.807) is 0 Å². The molecule has 0 radical (unpaired) electrons. The molecule has 1 aliphatic carbocycles. The Morgan fingerprint density at radius 3 is 2.68 bits per heavy atom. The number of rotatable bonds is 3. The Morgan fingerprint density at radius 1 is 1.27 bits per heavy atom. The average molecular weight is 313 g/mol. The van der Waals surface area contributed by atoms with Crippen LogP contribution in [0, 0.1) is 0 Å². The number of alkyl halides is 3. The summed E-state index contributed by atoms with van der Waals surface area (Å²) in [4.78, 5) is 15.7. The Bertz CT molecular complexity index is 715. The van der Waals surface area contributed by atoms with E-state index in [0.29, 0.717) is 16.0 Å². The first-order chi connectivity index (χ1) is 10.4. The van der Waals surface area contributed by atoms with Crippen molar-refractivity contribution in [3.8, 4) is 11.5 Å². The third kappa shape index (κ3) is 3.20. The van der Waals surface area contributed by atoms with Gasteiger partial charge in [0.25, 0.3) is 11.4 Å². The Kier molecular flexibility index (Phi) is 3.76. The van der Waals surface area contributed by atoms with Crippen molar-refractivity contribution in [2.75, 3.05) is 0 Å². The first-order valence-corrected chi connectivity index (χ1v) is 7.03. The fraction of sp³-hybridized carbons (Fsp3) is 0.500. The molecule has 8 heteroatoms. The van der Waals surface area contributed by atoms with Gasteiger partial charge in [0.15, 0.2) is 5.82 Å². The Balaban J connectivity index is 1.88. The Labute approximate surface area is 123 Å². The van der Waals surface area contributed by atoms with Crippen LogP contribution in [0.5, 0.6) is 0 Å². The van der Waals surface area contributed by atoms with Gasteiger partial charge in [-0.25, -0.2) is 0 Å². The standard InChI is InChI=1S/C14H14F3N3O2/c15-14(16,17)8-20-7-10(5-6-11(20)21)13-18-12(19-22-13)9-3-1-2-4-9/h5-7,9H,1-4,8H2. The van der Waals surface area contributed by atoms with Gasteiger partial charge in [0.1, 0.15) is 6.54 Å². The molecule has 1 aliphatic rings. The largest absolute Gasteiger partial charge is 0.406 e. The van der Waals surface area contributed by atoms with Gasteiger partial charge in [-0.15, -0.1) is 0 Å². The summed E-state index contributed by atoms with van der Waals surface area (Å²) in [6, 6.07) is 2.46. The van der Waals surface area contributed by atoms with E-state index in [-0.39, 0.29) is 11.8 Å². The van der Waals surface area contributed by atoms with Crippen LogP contribution in [0.4, 0.5) is 13.2 Å². The van der Waals surface area contributed by atoms with E-state index in [1.807, 2.05) is 0 Å². The molecule has 2 aromatic rings. The van der Waals surface area contributed by atoms with Crippen LogP contribution < -0.4 is 5.56 Å². The lowest BCUT2D eigenvalue weighted by molar-refractivity contribution is -0.141. The lowest BCUT2D eigenvalue weighted by Crippen LogP contribution is -2.27. The topological polar surface area (TPSA) is 60.9 Å². The molecule has 0 N–H and O–H groups in total. The van der Waals surface area contributed by atoms with Gasteiger partial charge in [-0.2, -0.15) is 18.2 Å². The van der Waals surface area contributed by atoms with Crippen molar-refractivity contribution in [3.05, 3.63) is 34.5 Å². The molecule has 3 rings (SSSR count). The van der Waals surface area contributed by atoms with Gasteiger partial charge in [-0.1, -0.05) is 18.0 Å². The minimum atomic E-state index is -4.47. The van der Waals surface area contributed by atoms with Crippen LogP contribution in [-0.4, -0.2) is 20.9 Å². The maximum atomic E-state index is 12.5. The summed E-state index contributed by atoms with van der Waals surface area (Å²) >= 11 is 0. The third-order valence-corrected chi connectivity index (χ3v) is 3.74. The molecule has 0 bridgehead atoms. The van der Waals surface area contributed by atoms with E-state index in [1.165, 1.54) is 6.07 Å². The van der Waals surface area contributed by atoms with E-state index in [9.17, 15) is 18.0 Å². The second kappa shape index (κ2) is 5.58. The zero-order chi connectivity index (χ0) is 15.7. The van der Waals surface area contributed by atoms with Gasteiger partial charge in [0, 0.05) is 18.2 Å². The van der Waals surface area contributed by atoms with Gasteiger partial charge >= 0.3 is 6.18 Å². The maximum absolute atomic E-state index is 12.5. The summed E-state index contributed by atoms with van der Waals surface area (Å²) in [5.41, 5.74) is -0.419. The number of nitrogens with zero attached hydrogens (tertiary/aromatic N) is 3. The van der Waals surface area contributed by atoms with Crippen LogP contribution in [0.15, 0.2) is 27.6 Å². The zero-order valence-corrected chi connectivity index (χ0v) is 11.6.